The number of ether oxygens (including phenoxy) is 3. The molecule has 0 bridgehead atoms. The largest absolute Gasteiger partial charge is 0.488 e. The highest BCUT2D eigenvalue weighted by atomic mass is 79.9. The van der Waals surface area contributed by atoms with Gasteiger partial charge < -0.3 is 24.4 Å². The molecule has 3 amide bonds. The maximum atomic E-state index is 14.1. The average Bonchev–Trinajstić information content (AvgIpc) is 3.08. The van der Waals surface area contributed by atoms with Gasteiger partial charge in [-0.15, -0.1) is 0 Å². The van der Waals surface area contributed by atoms with Crippen LogP contribution in [0.1, 0.15) is 43.6 Å². The number of hydrogen-bond donors (Lipinski definition) is 1. The van der Waals surface area contributed by atoms with Crippen molar-refractivity contribution in [2.24, 2.45) is 0 Å². The Hall–Kier alpha value is -4.12. The summed E-state index contributed by atoms with van der Waals surface area (Å²) in [6.07, 6.45) is -0.674. The Morgan fingerprint density at radius 2 is 1.79 bits per heavy atom. The number of likely N-dealkylation sites (N-methyl/N-ethyl adjacent to an activating group) is 1. The van der Waals surface area contributed by atoms with Crippen molar-refractivity contribution in [1.29, 1.82) is 0 Å². The number of halogens is 1. The standard InChI is InChI=1S/C31H34BrN3O7/c1-18(34(5)30(39)42-31(2,3)4)27(36)33-24-17-41-26-22(29(38)40-6)12-9-13-25(26)35(28(24)37)16-19-14-15-23(32)21-11-8-7-10-20(19)21/h7-15,18,24H,16-17H2,1-6H3,(H,33,36). The summed E-state index contributed by atoms with van der Waals surface area (Å²) in [6.45, 7) is 6.62. The Bertz CT molecular complexity index is 1530. The lowest BCUT2D eigenvalue weighted by atomic mass is 10.0. The fourth-order valence-corrected chi connectivity index (χ4v) is 5.04. The number of fused-ring (bicyclic) bond motifs is 2. The van der Waals surface area contributed by atoms with E-state index in [4.69, 9.17) is 14.2 Å². The number of hydrogen-bond acceptors (Lipinski definition) is 7. The zero-order valence-corrected chi connectivity index (χ0v) is 26.0. The lowest BCUT2D eigenvalue weighted by Crippen LogP contribution is -2.55. The number of anilines is 1. The Morgan fingerprint density at radius 1 is 1.10 bits per heavy atom. The summed E-state index contributed by atoms with van der Waals surface area (Å²) < 4.78 is 17.3. The second-order valence-corrected chi connectivity index (χ2v) is 11.8. The topological polar surface area (TPSA) is 114 Å². The minimum Gasteiger partial charge on any atom is -0.488 e. The third-order valence-corrected chi connectivity index (χ3v) is 7.59. The molecular formula is C31H34BrN3O7. The minimum atomic E-state index is -1.12. The van der Waals surface area contributed by atoms with Crippen LogP contribution in [0, 0.1) is 0 Å². The third kappa shape index (κ3) is 6.51. The molecule has 1 N–H and O–H groups in total. The predicted octanol–water partition coefficient (Wildman–Crippen LogP) is 5.05. The van der Waals surface area contributed by atoms with Crippen molar-refractivity contribution >= 4 is 56.3 Å². The molecule has 1 aliphatic heterocycles. The van der Waals surface area contributed by atoms with E-state index in [0.29, 0.717) is 5.69 Å². The van der Waals surface area contributed by atoms with Crippen LogP contribution in [0.15, 0.2) is 59.1 Å². The highest BCUT2D eigenvalue weighted by molar-refractivity contribution is 9.10. The molecule has 42 heavy (non-hydrogen) atoms. The molecule has 3 aromatic rings. The number of rotatable bonds is 6. The first kappa shape index (κ1) is 30.8. The van der Waals surface area contributed by atoms with Crippen LogP contribution in [0.4, 0.5) is 10.5 Å². The fourth-order valence-electron chi connectivity index (χ4n) is 4.56. The van der Waals surface area contributed by atoms with Crippen LogP contribution in [-0.4, -0.2) is 67.2 Å². The summed E-state index contributed by atoms with van der Waals surface area (Å²) in [6, 6.07) is 14.4. The van der Waals surface area contributed by atoms with E-state index in [9.17, 15) is 19.2 Å². The van der Waals surface area contributed by atoms with Gasteiger partial charge in [0.15, 0.2) is 5.75 Å². The maximum absolute atomic E-state index is 14.1. The lowest BCUT2D eigenvalue weighted by Gasteiger charge is -2.29. The molecule has 4 rings (SSSR count). The van der Waals surface area contributed by atoms with E-state index in [1.807, 2.05) is 36.4 Å². The second-order valence-electron chi connectivity index (χ2n) is 11.0. The number of carbonyl (C=O) groups is 4. The fraction of sp³-hybridized carbons (Fsp3) is 0.355. The van der Waals surface area contributed by atoms with Crippen molar-refractivity contribution in [1.82, 2.24) is 10.2 Å². The molecule has 2 unspecified atom stereocenters. The molecule has 3 aromatic carbocycles. The minimum absolute atomic E-state index is 0.132. The molecule has 0 saturated carbocycles. The maximum Gasteiger partial charge on any atom is 0.410 e. The lowest BCUT2D eigenvalue weighted by molar-refractivity contribution is -0.130. The number of amides is 3. The first-order valence-electron chi connectivity index (χ1n) is 13.4. The van der Waals surface area contributed by atoms with Gasteiger partial charge in [-0.25, -0.2) is 9.59 Å². The summed E-state index contributed by atoms with van der Waals surface area (Å²) >= 11 is 3.59. The molecule has 10 nitrogen and oxygen atoms in total. The predicted molar refractivity (Wildman–Crippen MR) is 162 cm³/mol. The number of nitrogens with zero attached hydrogens (tertiary/aromatic N) is 2. The van der Waals surface area contributed by atoms with Gasteiger partial charge in [-0.05, 0) is 62.2 Å². The van der Waals surface area contributed by atoms with Crippen LogP contribution in [0.2, 0.25) is 0 Å². The molecule has 1 heterocycles. The molecular weight excluding hydrogens is 606 g/mol. The van der Waals surface area contributed by atoms with E-state index in [-0.39, 0.29) is 24.5 Å². The number of esters is 1. The van der Waals surface area contributed by atoms with Gasteiger partial charge in [0, 0.05) is 11.5 Å². The first-order valence-corrected chi connectivity index (χ1v) is 14.2. The first-order chi connectivity index (χ1) is 19.8. The average molecular weight is 641 g/mol. The molecule has 1 aliphatic rings. The van der Waals surface area contributed by atoms with E-state index in [1.165, 1.54) is 30.9 Å². The van der Waals surface area contributed by atoms with Crippen LogP contribution in [0.3, 0.4) is 0 Å². The summed E-state index contributed by atoms with van der Waals surface area (Å²) in [4.78, 5) is 55.2. The van der Waals surface area contributed by atoms with Crippen molar-refractivity contribution in [3.63, 3.8) is 0 Å². The van der Waals surface area contributed by atoms with E-state index < -0.39 is 41.6 Å². The van der Waals surface area contributed by atoms with Crippen LogP contribution >= 0.6 is 15.9 Å². The smallest absolute Gasteiger partial charge is 0.410 e. The quantitative estimate of drug-likeness (QED) is 0.375. The zero-order chi connectivity index (χ0) is 30.8. The molecule has 0 fully saturated rings. The normalized spacial score (nSPS) is 15.6. The highest BCUT2D eigenvalue weighted by Crippen LogP contribution is 2.37. The Kier molecular flexibility index (Phi) is 9.10. The Morgan fingerprint density at radius 3 is 2.45 bits per heavy atom. The van der Waals surface area contributed by atoms with Crippen LogP contribution in [-0.2, 0) is 25.6 Å². The molecule has 0 aromatic heterocycles. The summed E-state index contributed by atoms with van der Waals surface area (Å²) in [5, 5.41) is 4.65. The number of methoxy groups -OCH3 is 1. The van der Waals surface area contributed by atoms with Gasteiger partial charge in [0.2, 0.25) is 5.91 Å². The number of carbonyl (C=O) groups excluding carboxylic acids is 4. The van der Waals surface area contributed by atoms with Crippen molar-refractivity contribution in [2.45, 2.75) is 51.9 Å². The number of para-hydroxylation sites is 1. The van der Waals surface area contributed by atoms with E-state index in [0.717, 1.165) is 20.8 Å². The molecule has 11 heteroatoms. The van der Waals surface area contributed by atoms with E-state index >= 15 is 0 Å². The van der Waals surface area contributed by atoms with Crippen molar-refractivity contribution in [3.8, 4) is 5.75 Å². The molecule has 2 atom stereocenters. The third-order valence-electron chi connectivity index (χ3n) is 6.90. The van der Waals surface area contributed by atoms with Crippen molar-refractivity contribution < 1.29 is 33.4 Å². The molecule has 0 saturated heterocycles. The van der Waals surface area contributed by atoms with E-state index in [2.05, 4.69) is 21.2 Å². The molecule has 0 spiro atoms. The Labute approximate surface area is 253 Å². The van der Waals surface area contributed by atoms with Crippen molar-refractivity contribution in [3.05, 3.63) is 70.2 Å². The van der Waals surface area contributed by atoms with Gasteiger partial charge in [-0.2, -0.15) is 0 Å². The van der Waals surface area contributed by atoms with Crippen LogP contribution in [0.25, 0.3) is 10.8 Å². The SMILES string of the molecule is COC(=O)c1cccc2c1OCC(NC(=O)C(C)N(C)C(=O)OC(C)(C)C)C(=O)N2Cc1ccc(Br)c2ccccc12. The second kappa shape index (κ2) is 12.4. The van der Waals surface area contributed by atoms with Crippen LogP contribution in [0.5, 0.6) is 5.75 Å². The number of benzene rings is 3. The van der Waals surface area contributed by atoms with Crippen LogP contribution < -0.4 is 15.0 Å². The van der Waals surface area contributed by atoms with Gasteiger partial charge in [0.1, 0.15) is 29.9 Å². The van der Waals surface area contributed by atoms with Gasteiger partial charge in [0.25, 0.3) is 5.91 Å². The monoisotopic (exact) mass is 639 g/mol. The van der Waals surface area contributed by atoms with E-state index in [1.54, 1.807) is 39.0 Å². The molecule has 222 valence electrons. The number of nitrogens with one attached hydrogen (secondary N) is 1. The highest BCUT2D eigenvalue weighted by Gasteiger charge is 2.37. The Balaban J connectivity index is 1.69. The molecule has 0 radical (unpaired) electrons. The van der Waals surface area contributed by atoms with Gasteiger partial charge in [-0.3, -0.25) is 14.5 Å². The summed E-state index contributed by atoms with van der Waals surface area (Å²) in [5.41, 5.74) is 0.624. The van der Waals surface area contributed by atoms with Gasteiger partial charge in [0.05, 0.1) is 19.3 Å². The summed E-state index contributed by atoms with van der Waals surface area (Å²) in [7, 11) is 2.72. The summed E-state index contributed by atoms with van der Waals surface area (Å²) in [5.74, 6) is -1.46. The molecule has 0 aliphatic carbocycles. The zero-order valence-electron chi connectivity index (χ0n) is 24.4. The van der Waals surface area contributed by atoms with Gasteiger partial charge >= 0.3 is 12.1 Å². The van der Waals surface area contributed by atoms with Crippen molar-refractivity contribution in [2.75, 3.05) is 25.7 Å². The van der Waals surface area contributed by atoms with Gasteiger partial charge in [-0.1, -0.05) is 52.3 Å².